The molecule has 6 heteroatoms. The van der Waals surface area contributed by atoms with E-state index < -0.39 is 0 Å². The number of hydrogen-bond acceptors (Lipinski definition) is 3. The van der Waals surface area contributed by atoms with Crippen LogP contribution >= 0.6 is 23.2 Å². The molecule has 1 aliphatic rings. The van der Waals surface area contributed by atoms with Crippen molar-refractivity contribution in [3.8, 4) is 0 Å². The molecule has 0 aliphatic carbocycles. The van der Waals surface area contributed by atoms with Crippen LogP contribution in [0, 0.1) is 0 Å². The van der Waals surface area contributed by atoms with Gasteiger partial charge in [-0.15, -0.1) is 0 Å². The van der Waals surface area contributed by atoms with Gasteiger partial charge in [0.1, 0.15) is 5.82 Å². The number of halogens is 2. The molecule has 0 radical (unpaired) electrons. The van der Waals surface area contributed by atoms with Gasteiger partial charge in [0, 0.05) is 31.4 Å². The van der Waals surface area contributed by atoms with Crippen LogP contribution in [0.15, 0.2) is 36.5 Å². The van der Waals surface area contributed by atoms with Gasteiger partial charge >= 0.3 is 0 Å². The Morgan fingerprint density at radius 3 is 2.64 bits per heavy atom. The third-order valence-electron chi connectivity index (χ3n) is 3.59. The molecule has 1 amide bonds. The lowest BCUT2D eigenvalue weighted by atomic mass is 10.2. The fourth-order valence-corrected chi connectivity index (χ4v) is 2.89. The Hall–Kier alpha value is -1.78. The van der Waals surface area contributed by atoms with Crippen molar-refractivity contribution in [2.45, 2.75) is 19.4 Å². The molecule has 4 nitrogen and oxygen atoms in total. The SMILES string of the molecule is O=C1CCCN1c1ccc(CNc2ncc(Cl)cc2Cl)cc1. The van der Waals surface area contributed by atoms with Gasteiger partial charge in [0.2, 0.25) is 5.91 Å². The number of nitrogens with one attached hydrogen (secondary N) is 1. The van der Waals surface area contributed by atoms with Gasteiger partial charge in [-0.3, -0.25) is 4.79 Å². The molecule has 1 fully saturated rings. The van der Waals surface area contributed by atoms with Gasteiger partial charge in [-0.2, -0.15) is 0 Å². The molecule has 3 rings (SSSR count). The molecular weight excluding hydrogens is 321 g/mol. The minimum absolute atomic E-state index is 0.197. The predicted molar refractivity (Wildman–Crippen MR) is 89.6 cm³/mol. The molecule has 2 aromatic rings. The van der Waals surface area contributed by atoms with Crippen molar-refractivity contribution >= 4 is 40.6 Å². The van der Waals surface area contributed by atoms with Crippen LogP contribution in [0.3, 0.4) is 0 Å². The van der Waals surface area contributed by atoms with Crippen molar-refractivity contribution in [1.82, 2.24) is 4.98 Å². The van der Waals surface area contributed by atoms with Crippen LogP contribution in [0.5, 0.6) is 0 Å². The van der Waals surface area contributed by atoms with E-state index >= 15 is 0 Å². The lowest BCUT2D eigenvalue weighted by Crippen LogP contribution is -2.23. The van der Waals surface area contributed by atoms with Crippen LogP contribution in [0.25, 0.3) is 0 Å². The predicted octanol–water partition coefficient (Wildman–Crippen LogP) is 4.13. The summed E-state index contributed by atoms with van der Waals surface area (Å²) in [6, 6.07) is 9.59. The topological polar surface area (TPSA) is 45.2 Å². The zero-order valence-electron chi connectivity index (χ0n) is 11.9. The average Bonchev–Trinajstić information content (AvgIpc) is 2.93. The molecule has 1 saturated heterocycles. The van der Waals surface area contributed by atoms with Gasteiger partial charge in [0.15, 0.2) is 0 Å². The summed E-state index contributed by atoms with van der Waals surface area (Å²) in [5.74, 6) is 0.799. The monoisotopic (exact) mass is 335 g/mol. The smallest absolute Gasteiger partial charge is 0.227 e. The molecule has 2 heterocycles. The second-order valence-electron chi connectivity index (χ2n) is 5.15. The Balaban J connectivity index is 1.65. The summed E-state index contributed by atoms with van der Waals surface area (Å²) >= 11 is 11.9. The van der Waals surface area contributed by atoms with Crippen LogP contribution in [0.4, 0.5) is 11.5 Å². The van der Waals surface area contributed by atoms with Gasteiger partial charge < -0.3 is 10.2 Å². The fourth-order valence-electron chi connectivity index (χ4n) is 2.45. The van der Waals surface area contributed by atoms with E-state index in [1.807, 2.05) is 29.2 Å². The van der Waals surface area contributed by atoms with Gasteiger partial charge in [-0.25, -0.2) is 4.98 Å². The largest absolute Gasteiger partial charge is 0.365 e. The maximum atomic E-state index is 11.7. The molecule has 0 spiro atoms. The number of benzene rings is 1. The third-order valence-corrected chi connectivity index (χ3v) is 4.08. The maximum Gasteiger partial charge on any atom is 0.227 e. The molecular formula is C16H15Cl2N3O. The molecule has 0 atom stereocenters. The number of carbonyl (C=O) groups excluding carboxylic acids is 1. The number of nitrogens with zero attached hydrogens (tertiary/aromatic N) is 2. The van der Waals surface area contributed by atoms with E-state index in [-0.39, 0.29) is 5.91 Å². The zero-order valence-corrected chi connectivity index (χ0v) is 13.4. The van der Waals surface area contributed by atoms with Crippen LogP contribution in [-0.4, -0.2) is 17.4 Å². The zero-order chi connectivity index (χ0) is 15.5. The summed E-state index contributed by atoms with van der Waals surface area (Å²) in [6.07, 6.45) is 3.13. The van der Waals surface area contributed by atoms with E-state index in [1.54, 1.807) is 12.3 Å². The highest BCUT2D eigenvalue weighted by molar-refractivity contribution is 6.35. The Bertz CT molecular complexity index is 688. The van der Waals surface area contributed by atoms with E-state index in [0.717, 1.165) is 24.2 Å². The first kappa shape index (κ1) is 15.1. The first-order valence-electron chi connectivity index (χ1n) is 7.08. The van der Waals surface area contributed by atoms with Gasteiger partial charge in [0.25, 0.3) is 0 Å². The van der Waals surface area contributed by atoms with Crippen LogP contribution in [0.2, 0.25) is 10.0 Å². The summed E-state index contributed by atoms with van der Waals surface area (Å²) in [5, 5.41) is 4.17. The van der Waals surface area contributed by atoms with Crippen LogP contribution < -0.4 is 10.2 Å². The second-order valence-corrected chi connectivity index (χ2v) is 6.00. The third kappa shape index (κ3) is 3.34. The normalized spacial score (nSPS) is 14.5. The van der Waals surface area contributed by atoms with Crippen molar-refractivity contribution in [3.05, 3.63) is 52.1 Å². The number of aromatic nitrogens is 1. The molecule has 1 aromatic heterocycles. The number of carbonyl (C=O) groups is 1. The molecule has 22 heavy (non-hydrogen) atoms. The summed E-state index contributed by atoms with van der Waals surface area (Å²) in [6.45, 7) is 1.41. The van der Waals surface area contributed by atoms with E-state index in [2.05, 4.69) is 10.3 Å². The highest BCUT2D eigenvalue weighted by atomic mass is 35.5. The number of anilines is 2. The number of hydrogen-bond donors (Lipinski definition) is 1. The average molecular weight is 336 g/mol. The van der Waals surface area contributed by atoms with Gasteiger partial charge in [-0.1, -0.05) is 35.3 Å². The second kappa shape index (κ2) is 6.55. The quantitative estimate of drug-likeness (QED) is 0.913. The van der Waals surface area contributed by atoms with Gasteiger partial charge in [-0.05, 0) is 30.2 Å². The van der Waals surface area contributed by atoms with Crippen molar-refractivity contribution in [2.24, 2.45) is 0 Å². The van der Waals surface area contributed by atoms with E-state index in [1.165, 1.54) is 0 Å². The molecule has 1 aliphatic heterocycles. The van der Waals surface area contributed by atoms with Gasteiger partial charge in [0.05, 0.1) is 10.0 Å². The summed E-state index contributed by atoms with van der Waals surface area (Å²) < 4.78 is 0. The first-order valence-corrected chi connectivity index (χ1v) is 7.83. The fraction of sp³-hybridized carbons (Fsp3) is 0.250. The summed E-state index contributed by atoms with van der Waals surface area (Å²) in [4.78, 5) is 17.7. The number of pyridine rings is 1. The Morgan fingerprint density at radius 1 is 1.23 bits per heavy atom. The Labute approximate surface area is 139 Å². The molecule has 0 saturated carbocycles. The standard InChI is InChI=1S/C16H15Cl2N3O/c17-12-8-14(18)16(20-10-12)19-9-11-3-5-13(6-4-11)21-7-1-2-15(21)22/h3-6,8,10H,1-2,7,9H2,(H,19,20). The van der Waals surface area contributed by atoms with Crippen molar-refractivity contribution in [2.75, 3.05) is 16.8 Å². The lowest BCUT2D eigenvalue weighted by Gasteiger charge is -2.16. The van der Waals surface area contributed by atoms with E-state index in [9.17, 15) is 4.79 Å². The molecule has 0 unspecified atom stereocenters. The molecule has 1 N–H and O–H groups in total. The van der Waals surface area contributed by atoms with Crippen molar-refractivity contribution in [1.29, 1.82) is 0 Å². The molecule has 1 aromatic carbocycles. The van der Waals surface area contributed by atoms with Crippen molar-refractivity contribution < 1.29 is 4.79 Å². The number of amides is 1. The first-order chi connectivity index (χ1) is 10.6. The van der Waals surface area contributed by atoms with Crippen LogP contribution in [0.1, 0.15) is 18.4 Å². The van der Waals surface area contributed by atoms with E-state index in [4.69, 9.17) is 23.2 Å². The lowest BCUT2D eigenvalue weighted by molar-refractivity contribution is -0.117. The highest BCUT2D eigenvalue weighted by Gasteiger charge is 2.21. The maximum absolute atomic E-state index is 11.7. The summed E-state index contributed by atoms with van der Waals surface area (Å²) in [5.41, 5.74) is 2.04. The summed E-state index contributed by atoms with van der Waals surface area (Å²) in [7, 11) is 0. The van der Waals surface area contributed by atoms with Crippen molar-refractivity contribution in [3.63, 3.8) is 0 Å². The number of rotatable bonds is 4. The minimum Gasteiger partial charge on any atom is -0.365 e. The Kier molecular flexibility index (Phi) is 4.50. The van der Waals surface area contributed by atoms with Crippen LogP contribution in [-0.2, 0) is 11.3 Å². The molecule has 114 valence electrons. The Morgan fingerprint density at radius 2 is 2.00 bits per heavy atom. The highest BCUT2D eigenvalue weighted by Crippen LogP contribution is 2.24. The molecule has 0 bridgehead atoms. The minimum atomic E-state index is 0.197. The van der Waals surface area contributed by atoms with E-state index in [0.29, 0.717) is 28.8 Å².